The number of primary amides is 1. The maximum atomic E-state index is 13.2. The summed E-state index contributed by atoms with van der Waals surface area (Å²) in [5.74, 6) is -1.87. The summed E-state index contributed by atoms with van der Waals surface area (Å²) in [6, 6.07) is 14.0. The predicted molar refractivity (Wildman–Crippen MR) is 132 cm³/mol. The summed E-state index contributed by atoms with van der Waals surface area (Å²) >= 11 is 0. The Kier molecular flexibility index (Phi) is 9.21. The first-order valence-corrected chi connectivity index (χ1v) is 12.5. The molecule has 2 fully saturated rings. The second-order valence-electron chi connectivity index (χ2n) is 10.3. The van der Waals surface area contributed by atoms with E-state index in [0.29, 0.717) is 5.56 Å². The molecule has 2 N–H and O–H groups in total. The van der Waals surface area contributed by atoms with Crippen molar-refractivity contribution in [2.75, 3.05) is 6.61 Å². The normalized spacial score (nSPS) is 22.3. The van der Waals surface area contributed by atoms with Gasteiger partial charge in [-0.3, -0.25) is 4.79 Å². The van der Waals surface area contributed by atoms with Crippen LogP contribution in [0.2, 0.25) is 0 Å². The molecular formula is C28H34F4N2O3. The number of halogens is 4. The molecule has 0 aromatic heterocycles. The summed E-state index contributed by atoms with van der Waals surface area (Å²) in [4.78, 5) is 26.0. The van der Waals surface area contributed by atoms with Gasteiger partial charge in [0, 0.05) is 23.1 Å². The highest BCUT2D eigenvalue weighted by Gasteiger charge is 2.42. The van der Waals surface area contributed by atoms with Crippen LogP contribution in [-0.4, -0.2) is 41.8 Å². The molecule has 9 heteroatoms. The smallest absolute Gasteiger partial charge is 0.404 e. The summed E-state index contributed by atoms with van der Waals surface area (Å²) in [6.07, 6.45) is 0.0251. The van der Waals surface area contributed by atoms with Crippen LogP contribution in [0.1, 0.15) is 74.2 Å². The maximum Gasteiger partial charge on any atom is 0.404 e. The van der Waals surface area contributed by atoms with Crippen LogP contribution in [0.5, 0.6) is 0 Å². The number of carbonyl (C=O) groups excluding carboxylic acids is 2. The quantitative estimate of drug-likeness (QED) is 0.423. The van der Waals surface area contributed by atoms with Crippen molar-refractivity contribution in [2.45, 2.75) is 76.6 Å². The van der Waals surface area contributed by atoms with Crippen LogP contribution in [-0.2, 0) is 4.74 Å². The molecule has 0 heterocycles. The molecule has 0 bridgehead atoms. The molecule has 1 atom stereocenters. The average Bonchev–Trinajstić information content (AvgIpc) is 3.69. The Hall–Kier alpha value is -3.10. The monoisotopic (exact) mass is 522 g/mol. The lowest BCUT2D eigenvalue weighted by Crippen LogP contribution is -2.46. The number of ether oxygens (including phenoxy) is 1. The van der Waals surface area contributed by atoms with E-state index in [0.717, 1.165) is 45.4 Å². The minimum absolute atomic E-state index is 0.0837. The summed E-state index contributed by atoms with van der Waals surface area (Å²) in [6.45, 7) is 3.44. The van der Waals surface area contributed by atoms with E-state index in [4.69, 9.17) is 10.5 Å². The van der Waals surface area contributed by atoms with Crippen LogP contribution in [0.3, 0.4) is 0 Å². The van der Waals surface area contributed by atoms with Gasteiger partial charge in [-0.2, -0.15) is 13.2 Å². The number of carbonyl (C=O) groups is 2. The van der Waals surface area contributed by atoms with Gasteiger partial charge in [-0.05, 0) is 75.3 Å². The molecule has 2 amide bonds. The predicted octanol–water partition coefficient (Wildman–Crippen LogP) is 6.83. The van der Waals surface area contributed by atoms with E-state index in [9.17, 15) is 27.2 Å². The SMILES string of the molecule is CC(c1ccc(C(=O)N(C2CC2)C2CCC(C)(COC(N)=O)CC2)cc1)C(F)(F)F.Fc1ccccc1. The van der Waals surface area contributed by atoms with Crippen molar-refractivity contribution < 1.29 is 31.9 Å². The first-order chi connectivity index (χ1) is 17.4. The number of hydrogen-bond acceptors (Lipinski definition) is 3. The fraction of sp³-hybridized carbons (Fsp3) is 0.500. The number of benzene rings is 2. The van der Waals surface area contributed by atoms with Gasteiger partial charge >= 0.3 is 12.3 Å². The molecule has 2 saturated carbocycles. The van der Waals surface area contributed by atoms with E-state index < -0.39 is 18.2 Å². The molecule has 0 spiro atoms. The number of amides is 2. The van der Waals surface area contributed by atoms with E-state index >= 15 is 0 Å². The molecule has 0 saturated heterocycles. The number of alkyl halides is 3. The fourth-order valence-electron chi connectivity index (χ4n) is 4.62. The third kappa shape index (κ3) is 8.20. The van der Waals surface area contributed by atoms with Crippen molar-refractivity contribution in [3.05, 3.63) is 71.5 Å². The topological polar surface area (TPSA) is 72.6 Å². The third-order valence-corrected chi connectivity index (χ3v) is 7.18. The lowest BCUT2D eigenvalue weighted by atomic mass is 9.74. The van der Waals surface area contributed by atoms with E-state index in [1.807, 2.05) is 4.90 Å². The molecule has 37 heavy (non-hydrogen) atoms. The van der Waals surface area contributed by atoms with Crippen LogP contribution in [0.4, 0.5) is 22.4 Å². The van der Waals surface area contributed by atoms with Crippen LogP contribution < -0.4 is 5.73 Å². The minimum Gasteiger partial charge on any atom is -0.449 e. The molecular weight excluding hydrogens is 488 g/mol. The van der Waals surface area contributed by atoms with Crippen molar-refractivity contribution in [3.63, 3.8) is 0 Å². The summed E-state index contributed by atoms with van der Waals surface area (Å²) in [7, 11) is 0. The number of rotatable bonds is 6. The Balaban J connectivity index is 0.000000468. The largest absolute Gasteiger partial charge is 0.449 e. The molecule has 2 aliphatic carbocycles. The van der Waals surface area contributed by atoms with Crippen LogP contribution >= 0.6 is 0 Å². The Morgan fingerprint density at radius 1 is 1.00 bits per heavy atom. The summed E-state index contributed by atoms with van der Waals surface area (Å²) in [5, 5.41) is 0. The first kappa shape index (κ1) is 28.5. The Bertz CT molecular complexity index is 1030. The van der Waals surface area contributed by atoms with E-state index in [-0.39, 0.29) is 41.4 Å². The number of nitrogens with zero attached hydrogens (tertiary/aromatic N) is 1. The number of nitrogens with two attached hydrogens (primary N) is 1. The second-order valence-corrected chi connectivity index (χ2v) is 10.3. The molecule has 2 aliphatic rings. The fourth-order valence-corrected chi connectivity index (χ4v) is 4.62. The lowest BCUT2D eigenvalue weighted by molar-refractivity contribution is -0.146. The standard InChI is InChI=1S/C22H29F3N2O3.C6H5F/c1-14(22(23,24)25)15-3-5-16(6-4-15)19(28)27(17-7-8-17)18-9-11-21(2,12-10-18)13-30-20(26)29;7-6-4-2-1-3-5-6/h3-6,14,17-18H,7-13H2,1-2H3,(H2,26,29);1-5H. The van der Waals surface area contributed by atoms with E-state index in [2.05, 4.69) is 6.92 Å². The van der Waals surface area contributed by atoms with Gasteiger partial charge in [0.25, 0.3) is 5.91 Å². The molecule has 0 radical (unpaired) electrons. The Morgan fingerprint density at radius 3 is 1.97 bits per heavy atom. The van der Waals surface area contributed by atoms with Crippen molar-refractivity contribution in [2.24, 2.45) is 11.1 Å². The van der Waals surface area contributed by atoms with Gasteiger partial charge in [0.05, 0.1) is 12.5 Å². The van der Waals surface area contributed by atoms with Crippen molar-refractivity contribution >= 4 is 12.0 Å². The van der Waals surface area contributed by atoms with E-state index in [1.165, 1.54) is 36.4 Å². The van der Waals surface area contributed by atoms with Gasteiger partial charge < -0.3 is 15.4 Å². The van der Waals surface area contributed by atoms with Gasteiger partial charge in [-0.1, -0.05) is 37.3 Å². The van der Waals surface area contributed by atoms with Gasteiger partial charge in [0.15, 0.2) is 0 Å². The zero-order chi connectivity index (χ0) is 27.2. The Labute approximate surface area is 215 Å². The summed E-state index contributed by atoms with van der Waals surface area (Å²) < 4.78 is 55.7. The number of hydrogen-bond donors (Lipinski definition) is 1. The van der Waals surface area contributed by atoms with Crippen LogP contribution in [0.15, 0.2) is 54.6 Å². The Morgan fingerprint density at radius 2 is 1.54 bits per heavy atom. The van der Waals surface area contributed by atoms with Crippen LogP contribution in [0.25, 0.3) is 0 Å². The molecule has 5 nitrogen and oxygen atoms in total. The van der Waals surface area contributed by atoms with Gasteiger partial charge in [-0.15, -0.1) is 0 Å². The highest BCUT2D eigenvalue weighted by molar-refractivity contribution is 5.95. The first-order valence-electron chi connectivity index (χ1n) is 12.5. The molecule has 0 aliphatic heterocycles. The van der Waals surface area contributed by atoms with E-state index in [1.54, 1.807) is 18.2 Å². The molecule has 202 valence electrons. The molecule has 1 unspecified atom stereocenters. The van der Waals surface area contributed by atoms with Gasteiger partial charge in [0.1, 0.15) is 5.82 Å². The zero-order valence-corrected chi connectivity index (χ0v) is 21.1. The molecule has 2 aromatic carbocycles. The minimum atomic E-state index is -4.31. The van der Waals surface area contributed by atoms with Crippen molar-refractivity contribution in [3.8, 4) is 0 Å². The van der Waals surface area contributed by atoms with Gasteiger partial charge in [0.2, 0.25) is 0 Å². The van der Waals surface area contributed by atoms with Crippen molar-refractivity contribution in [1.29, 1.82) is 0 Å². The van der Waals surface area contributed by atoms with Gasteiger partial charge in [-0.25, -0.2) is 9.18 Å². The molecule has 2 aromatic rings. The lowest BCUT2D eigenvalue weighted by Gasteiger charge is -2.41. The zero-order valence-electron chi connectivity index (χ0n) is 21.1. The highest BCUT2D eigenvalue weighted by Crippen LogP contribution is 2.41. The second kappa shape index (κ2) is 12.0. The highest BCUT2D eigenvalue weighted by atomic mass is 19.4. The van der Waals surface area contributed by atoms with Crippen LogP contribution in [0, 0.1) is 11.2 Å². The maximum absolute atomic E-state index is 13.2. The third-order valence-electron chi connectivity index (χ3n) is 7.18. The van der Waals surface area contributed by atoms with Crippen molar-refractivity contribution in [1.82, 2.24) is 4.90 Å². The average molecular weight is 523 g/mol. The molecule has 4 rings (SSSR count). The summed E-state index contributed by atoms with van der Waals surface area (Å²) in [5.41, 5.74) is 5.49.